The van der Waals surface area contributed by atoms with E-state index in [-0.39, 0.29) is 23.6 Å². The van der Waals surface area contributed by atoms with E-state index in [2.05, 4.69) is 4.74 Å². The summed E-state index contributed by atoms with van der Waals surface area (Å²) in [6.45, 7) is 0. The monoisotopic (exact) mass is 314 g/mol. The molecule has 3 rings (SSSR count). The fraction of sp³-hybridized carbons (Fsp3) is 0.222. The van der Waals surface area contributed by atoms with Crippen LogP contribution in [-0.2, 0) is 9.53 Å². The van der Waals surface area contributed by atoms with Crippen molar-refractivity contribution in [1.82, 2.24) is 0 Å². The van der Waals surface area contributed by atoms with Gasteiger partial charge >= 0.3 is 11.9 Å². The standard InChI is InChI=1S/C18H15FO4/c1-22-17(20)12-4-8-14(9-5-12)23-18(21)16-10-15(16)11-2-6-13(19)7-3-11/h2-9,15-16H,10H2,1H3. The Labute approximate surface area is 132 Å². The molecule has 2 aromatic rings. The first kappa shape index (κ1) is 15.2. The van der Waals surface area contributed by atoms with Gasteiger partial charge in [0.2, 0.25) is 0 Å². The summed E-state index contributed by atoms with van der Waals surface area (Å²) in [5, 5.41) is 0. The van der Waals surface area contributed by atoms with Gasteiger partial charge in [0.15, 0.2) is 0 Å². The Hall–Kier alpha value is -2.69. The molecule has 0 aliphatic heterocycles. The zero-order valence-electron chi connectivity index (χ0n) is 12.5. The summed E-state index contributed by atoms with van der Waals surface area (Å²) in [6.07, 6.45) is 0.699. The third-order valence-corrected chi connectivity index (χ3v) is 3.89. The second kappa shape index (κ2) is 6.20. The van der Waals surface area contributed by atoms with E-state index in [9.17, 15) is 14.0 Å². The van der Waals surface area contributed by atoms with Gasteiger partial charge in [-0.2, -0.15) is 0 Å². The lowest BCUT2D eigenvalue weighted by Gasteiger charge is -2.05. The van der Waals surface area contributed by atoms with Crippen LogP contribution in [0.5, 0.6) is 5.75 Å². The summed E-state index contributed by atoms with van der Waals surface area (Å²) in [7, 11) is 1.30. The van der Waals surface area contributed by atoms with Crippen LogP contribution in [0.25, 0.3) is 0 Å². The number of rotatable bonds is 4. The minimum atomic E-state index is -0.443. The molecule has 4 nitrogen and oxygen atoms in total. The van der Waals surface area contributed by atoms with Gasteiger partial charge in [-0.05, 0) is 54.3 Å². The predicted octanol–water partition coefficient (Wildman–Crippen LogP) is 3.32. The molecule has 23 heavy (non-hydrogen) atoms. The maximum atomic E-state index is 12.9. The van der Waals surface area contributed by atoms with Crippen molar-refractivity contribution in [3.8, 4) is 5.75 Å². The molecule has 2 aromatic carbocycles. The van der Waals surface area contributed by atoms with Crippen LogP contribution in [-0.4, -0.2) is 19.0 Å². The molecule has 2 unspecified atom stereocenters. The summed E-state index contributed by atoms with van der Waals surface area (Å²) < 4.78 is 22.8. The molecule has 5 heteroatoms. The zero-order valence-corrected chi connectivity index (χ0v) is 12.5. The Kier molecular flexibility index (Phi) is 4.10. The number of carbonyl (C=O) groups is 2. The van der Waals surface area contributed by atoms with Gasteiger partial charge in [0.05, 0.1) is 18.6 Å². The van der Waals surface area contributed by atoms with Crippen molar-refractivity contribution in [2.24, 2.45) is 5.92 Å². The summed E-state index contributed by atoms with van der Waals surface area (Å²) in [4.78, 5) is 23.4. The van der Waals surface area contributed by atoms with Gasteiger partial charge in [-0.3, -0.25) is 4.79 Å². The molecule has 0 amide bonds. The molecule has 0 heterocycles. The van der Waals surface area contributed by atoms with Crippen LogP contribution in [0.15, 0.2) is 48.5 Å². The van der Waals surface area contributed by atoms with Crippen LogP contribution in [0.2, 0.25) is 0 Å². The highest BCUT2D eigenvalue weighted by Gasteiger charge is 2.45. The van der Waals surface area contributed by atoms with E-state index < -0.39 is 5.97 Å². The Morgan fingerprint density at radius 3 is 2.30 bits per heavy atom. The fourth-order valence-corrected chi connectivity index (χ4v) is 2.50. The van der Waals surface area contributed by atoms with Gasteiger partial charge in [0.1, 0.15) is 11.6 Å². The lowest BCUT2D eigenvalue weighted by molar-refractivity contribution is -0.135. The quantitative estimate of drug-likeness (QED) is 0.642. The molecular weight excluding hydrogens is 299 g/mol. The third kappa shape index (κ3) is 3.39. The average Bonchev–Trinajstić information content (AvgIpc) is 3.36. The predicted molar refractivity (Wildman–Crippen MR) is 80.7 cm³/mol. The summed E-state index contributed by atoms with van der Waals surface area (Å²) in [5.74, 6) is -0.795. The smallest absolute Gasteiger partial charge is 0.337 e. The minimum Gasteiger partial charge on any atom is -0.465 e. The number of hydrogen-bond donors (Lipinski definition) is 0. The van der Waals surface area contributed by atoms with E-state index >= 15 is 0 Å². The number of ether oxygens (including phenoxy) is 2. The highest BCUT2D eigenvalue weighted by molar-refractivity contribution is 5.89. The second-order valence-electron chi connectivity index (χ2n) is 5.44. The SMILES string of the molecule is COC(=O)c1ccc(OC(=O)C2CC2c2ccc(F)cc2)cc1. The van der Waals surface area contributed by atoms with Gasteiger partial charge < -0.3 is 9.47 Å². The summed E-state index contributed by atoms with van der Waals surface area (Å²) in [6, 6.07) is 12.4. The van der Waals surface area contributed by atoms with Crippen molar-refractivity contribution in [2.45, 2.75) is 12.3 Å². The maximum Gasteiger partial charge on any atom is 0.337 e. The van der Waals surface area contributed by atoms with Crippen LogP contribution in [0.4, 0.5) is 4.39 Å². The van der Waals surface area contributed by atoms with E-state index in [1.54, 1.807) is 36.4 Å². The highest BCUT2D eigenvalue weighted by Crippen LogP contribution is 2.48. The molecule has 1 aliphatic carbocycles. The van der Waals surface area contributed by atoms with E-state index in [0.717, 1.165) is 5.56 Å². The lowest BCUT2D eigenvalue weighted by Crippen LogP contribution is -2.11. The normalized spacial score (nSPS) is 19.0. The van der Waals surface area contributed by atoms with E-state index in [1.807, 2.05) is 0 Å². The number of halogens is 1. The van der Waals surface area contributed by atoms with Crippen molar-refractivity contribution < 1.29 is 23.5 Å². The summed E-state index contributed by atoms with van der Waals surface area (Å²) >= 11 is 0. The number of hydrogen-bond acceptors (Lipinski definition) is 4. The molecule has 2 atom stereocenters. The van der Waals surface area contributed by atoms with Crippen LogP contribution in [0.3, 0.4) is 0 Å². The largest absolute Gasteiger partial charge is 0.465 e. The van der Waals surface area contributed by atoms with E-state index in [1.165, 1.54) is 19.2 Å². The number of esters is 2. The van der Waals surface area contributed by atoms with Crippen LogP contribution in [0, 0.1) is 11.7 Å². The molecule has 0 N–H and O–H groups in total. The Morgan fingerprint density at radius 2 is 1.70 bits per heavy atom. The number of carbonyl (C=O) groups excluding carboxylic acids is 2. The minimum absolute atomic E-state index is 0.0810. The molecule has 1 fully saturated rings. The second-order valence-corrected chi connectivity index (χ2v) is 5.44. The molecule has 0 saturated heterocycles. The van der Waals surface area contributed by atoms with E-state index in [4.69, 9.17) is 4.74 Å². The van der Waals surface area contributed by atoms with Crippen molar-refractivity contribution in [2.75, 3.05) is 7.11 Å². The molecule has 0 bridgehead atoms. The summed E-state index contributed by atoms with van der Waals surface area (Å²) in [5.41, 5.74) is 1.33. The average molecular weight is 314 g/mol. The Balaban J connectivity index is 1.60. The van der Waals surface area contributed by atoms with Crippen LogP contribution >= 0.6 is 0 Å². The lowest BCUT2D eigenvalue weighted by atomic mass is 10.1. The van der Waals surface area contributed by atoms with E-state index in [0.29, 0.717) is 17.7 Å². The molecule has 0 spiro atoms. The topological polar surface area (TPSA) is 52.6 Å². The first-order valence-corrected chi connectivity index (χ1v) is 7.24. The Bertz CT molecular complexity index is 722. The first-order valence-electron chi connectivity index (χ1n) is 7.24. The number of benzene rings is 2. The Morgan fingerprint density at radius 1 is 1.04 bits per heavy atom. The van der Waals surface area contributed by atoms with Gasteiger partial charge in [0, 0.05) is 0 Å². The highest BCUT2D eigenvalue weighted by atomic mass is 19.1. The van der Waals surface area contributed by atoms with Crippen LogP contribution in [0.1, 0.15) is 28.3 Å². The molecule has 1 aliphatic rings. The fourth-order valence-electron chi connectivity index (χ4n) is 2.50. The van der Waals surface area contributed by atoms with Gasteiger partial charge in [-0.15, -0.1) is 0 Å². The molecule has 118 valence electrons. The van der Waals surface area contributed by atoms with Gasteiger partial charge in [0.25, 0.3) is 0 Å². The molecule has 0 radical (unpaired) electrons. The van der Waals surface area contributed by atoms with Crippen molar-refractivity contribution in [3.63, 3.8) is 0 Å². The molecule has 1 saturated carbocycles. The molecule has 0 aromatic heterocycles. The zero-order chi connectivity index (χ0) is 16.4. The molecular formula is C18H15FO4. The maximum absolute atomic E-state index is 12.9. The van der Waals surface area contributed by atoms with Crippen LogP contribution < -0.4 is 4.74 Å². The van der Waals surface area contributed by atoms with Crippen molar-refractivity contribution in [3.05, 3.63) is 65.5 Å². The van der Waals surface area contributed by atoms with Crippen molar-refractivity contribution in [1.29, 1.82) is 0 Å². The number of methoxy groups -OCH3 is 1. The third-order valence-electron chi connectivity index (χ3n) is 3.89. The van der Waals surface area contributed by atoms with Crippen molar-refractivity contribution >= 4 is 11.9 Å². The first-order chi connectivity index (χ1) is 11.1. The van der Waals surface area contributed by atoms with Gasteiger partial charge in [-0.25, -0.2) is 9.18 Å². The van der Waals surface area contributed by atoms with Gasteiger partial charge in [-0.1, -0.05) is 12.1 Å².